The summed E-state index contributed by atoms with van der Waals surface area (Å²) in [6, 6.07) is 11.2. The molecule has 0 radical (unpaired) electrons. The summed E-state index contributed by atoms with van der Waals surface area (Å²) in [6.45, 7) is 0. The highest BCUT2D eigenvalue weighted by Gasteiger charge is 2.25. The highest BCUT2D eigenvalue weighted by Crippen LogP contribution is 2.29. The SMILES string of the molecule is O=C(O)C(Cc1ccco1)c1nc2ccccc2s1. The molecule has 1 N–H and O–H groups in total. The number of rotatable bonds is 4. The van der Waals surface area contributed by atoms with Gasteiger partial charge in [-0.2, -0.15) is 0 Å². The monoisotopic (exact) mass is 273 g/mol. The van der Waals surface area contributed by atoms with Gasteiger partial charge in [0.05, 0.1) is 16.5 Å². The van der Waals surface area contributed by atoms with E-state index < -0.39 is 11.9 Å². The van der Waals surface area contributed by atoms with E-state index in [4.69, 9.17) is 4.42 Å². The van der Waals surface area contributed by atoms with Crippen LogP contribution in [0.25, 0.3) is 10.2 Å². The summed E-state index contributed by atoms with van der Waals surface area (Å²) < 4.78 is 6.23. The van der Waals surface area contributed by atoms with Crippen molar-refractivity contribution >= 4 is 27.5 Å². The zero-order chi connectivity index (χ0) is 13.2. The Morgan fingerprint density at radius 3 is 2.84 bits per heavy atom. The number of carboxylic acid groups (broad SMARTS) is 1. The minimum Gasteiger partial charge on any atom is -0.481 e. The highest BCUT2D eigenvalue weighted by molar-refractivity contribution is 7.18. The molecule has 3 aromatic rings. The second-order valence-electron chi connectivity index (χ2n) is 4.19. The fraction of sp³-hybridized carbons (Fsp3) is 0.143. The standard InChI is InChI=1S/C14H11NO3S/c16-14(17)10(8-9-4-3-7-18-9)13-15-11-5-1-2-6-12(11)19-13/h1-7,10H,8H2,(H,16,17). The molecule has 0 saturated heterocycles. The van der Waals surface area contributed by atoms with Crippen molar-refractivity contribution < 1.29 is 14.3 Å². The summed E-state index contributed by atoms with van der Waals surface area (Å²) in [6.07, 6.45) is 1.87. The van der Waals surface area contributed by atoms with E-state index in [1.165, 1.54) is 11.3 Å². The van der Waals surface area contributed by atoms with E-state index in [0.717, 1.165) is 10.2 Å². The van der Waals surface area contributed by atoms with E-state index in [1.807, 2.05) is 24.3 Å². The van der Waals surface area contributed by atoms with Crippen LogP contribution in [0.1, 0.15) is 16.7 Å². The first-order chi connectivity index (χ1) is 9.24. The first kappa shape index (κ1) is 11.9. The maximum atomic E-state index is 11.4. The molecule has 3 rings (SSSR count). The number of furan rings is 1. The fourth-order valence-corrected chi connectivity index (χ4v) is 3.01. The number of benzene rings is 1. The lowest BCUT2D eigenvalue weighted by Crippen LogP contribution is -2.13. The summed E-state index contributed by atoms with van der Waals surface area (Å²) in [5.74, 6) is -0.884. The molecule has 0 aliphatic carbocycles. The number of carboxylic acids is 1. The summed E-state index contributed by atoms with van der Waals surface area (Å²) in [7, 11) is 0. The molecule has 1 atom stereocenters. The number of hydrogen-bond donors (Lipinski definition) is 1. The van der Waals surface area contributed by atoms with Gasteiger partial charge < -0.3 is 9.52 Å². The van der Waals surface area contributed by atoms with E-state index in [-0.39, 0.29) is 0 Å². The van der Waals surface area contributed by atoms with Crippen LogP contribution in [0.5, 0.6) is 0 Å². The maximum absolute atomic E-state index is 11.4. The lowest BCUT2D eigenvalue weighted by Gasteiger charge is -2.06. The van der Waals surface area contributed by atoms with Crippen molar-refractivity contribution in [2.75, 3.05) is 0 Å². The topological polar surface area (TPSA) is 63.3 Å². The molecule has 2 heterocycles. The van der Waals surface area contributed by atoms with Crippen LogP contribution < -0.4 is 0 Å². The van der Waals surface area contributed by atoms with Crippen LogP contribution in [0.15, 0.2) is 47.1 Å². The van der Waals surface area contributed by atoms with Gasteiger partial charge in [0.2, 0.25) is 0 Å². The van der Waals surface area contributed by atoms with E-state index in [2.05, 4.69) is 4.98 Å². The largest absolute Gasteiger partial charge is 0.481 e. The summed E-state index contributed by atoms with van der Waals surface area (Å²) in [4.78, 5) is 15.8. The van der Waals surface area contributed by atoms with Crippen molar-refractivity contribution in [3.8, 4) is 0 Å². The molecule has 19 heavy (non-hydrogen) atoms. The molecular formula is C14H11NO3S. The number of fused-ring (bicyclic) bond motifs is 1. The molecule has 0 aliphatic heterocycles. The Balaban J connectivity index is 1.97. The van der Waals surface area contributed by atoms with Gasteiger partial charge in [0.1, 0.15) is 16.7 Å². The molecule has 96 valence electrons. The van der Waals surface area contributed by atoms with Crippen LogP contribution in [0, 0.1) is 0 Å². The van der Waals surface area contributed by atoms with Crippen LogP contribution in [-0.2, 0) is 11.2 Å². The van der Waals surface area contributed by atoms with Gasteiger partial charge in [-0.25, -0.2) is 4.98 Å². The Kier molecular flexibility index (Phi) is 3.05. The summed E-state index contributed by atoms with van der Waals surface area (Å²) in [5, 5.41) is 9.99. The quantitative estimate of drug-likeness (QED) is 0.792. The van der Waals surface area contributed by atoms with Crippen molar-refractivity contribution in [1.29, 1.82) is 0 Å². The summed E-state index contributed by atoms with van der Waals surface area (Å²) >= 11 is 1.42. The predicted molar refractivity (Wildman–Crippen MR) is 72.4 cm³/mol. The van der Waals surface area contributed by atoms with E-state index in [0.29, 0.717) is 17.2 Å². The summed E-state index contributed by atoms with van der Waals surface area (Å²) in [5.41, 5.74) is 0.841. The molecule has 0 saturated carbocycles. The molecule has 0 bridgehead atoms. The average Bonchev–Trinajstić information content (AvgIpc) is 3.04. The molecular weight excluding hydrogens is 262 g/mol. The Morgan fingerprint density at radius 2 is 2.16 bits per heavy atom. The number of aromatic nitrogens is 1. The number of nitrogens with zero attached hydrogens (tertiary/aromatic N) is 1. The first-order valence-corrected chi connectivity index (χ1v) is 6.66. The fourth-order valence-electron chi connectivity index (χ4n) is 1.95. The van der Waals surface area contributed by atoms with Crippen molar-refractivity contribution in [3.05, 3.63) is 53.4 Å². The van der Waals surface area contributed by atoms with Gasteiger partial charge in [0, 0.05) is 6.42 Å². The first-order valence-electron chi connectivity index (χ1n) is 5.84. The van der Waals surface area contributed by atoms with Crippen molar-refractivity contribution in [1.82, 2.24) is 4.98 Å². The van der Waals surface area contributed by atoms with Crippen LogP contribution in [0.4, 0.5) is 0 Å². The molecule has 1 unspecified atom stereocenters. The number of carbonyl (C=O) groups is 1. The number of para-hydroxylation sites is 1. The van der Waals surface area contributed by atoms with Crippen molar-refractivity contribution in [2.24, 2.45) is 0 Å². The van der Waals surface area contributed by atoms with Gasteiger partial charge in [0.15, 0.2) is 0 Å². The smallest absolute Gasteiger partial charge is 0.313 e. The van der Waals surface area contributed by atoms with E-state index >= 15 is 0 Å². The second kappa shape index (κ2) is 4.85. The van der Waals surface area contributed by atoms with Crippen molar-refractivity contribution in [3.63, 3.8) is 0 Å². The van der Waals surface area contributed by atoms with Crippen LogP contribution in [-0.4, -0.2) is 16.1 Å². The Bertz CT molecular complexity index is 669. The molecule has 4 nitrogen and oxygen atoms in total. The Labute approximate surface area is 113 Å². The third kappa shape index (κ3) is 2.37. The molecule has 1 aromatic carbocycles. The number of hydrogen-bond acceptors (Lipinski definition) is 4. The van der Waals surface area contributed by atoms with Gasteiger partial charge in [-0.05, 0) is 24.3 Å². The van der Waals surface area contributed by atoms with Gasteiger partial charge in [-0.15, -0.1) is 11.3 Å². The van der Waals surface area contributed by atoms with Crippen LogP contribution >= 0.6 is 11.3 Å². The zero-order valence-corrected chi connectivity index (χ0v) is 10.8. The molecule has 0 amide bonds. The zero-order valence-electron chi connectivity index (χ0n) is 9.95. The van der Waals surface area contributed by atoms with E-state index in [9.17, 15) is 9.90 Å². The minimum absolute atomic E-state index is 0.322. The van der Waals surface area contributed by atoms with Gasteiger partial charge >= 0.3 is 5.97 Å². The van der Waals surface area contributed by atoms with Gasteiger partial charge in [0.25, 0.3) is 0 Å². The number of thiazole rings is 1. The third-order valence-electron chi connectivity index (χ3n) is 2.89. The van der Waals surface area contributed by atoms with Gasteiger partial charge in [-0.3, -0.25) is 4.79 Å². The van der Waals surface area contributed by atoms with Gasteiger partial charge in [-0.1, -0.05) is 12.1 Å². The highest BCUT2D eigenvalue weighted by atomic mass is 32.1. The molecule has 5 heteroatoms. The number of aliphatic carboxylic acids is 1. The molecule has 0 spiro atoms. The third-order valence-corrected chi connectivity index (χ3v) is 4.04. The normalized spacial score (nSPS) is 12.6. The maximum Gasteiger partial charge on any atom is 0.313 e. The lowest BCUT2D eigenvalue weighted by molar-refractivity contribution is -0.138. The molecule has 0 aliphatic rings. The second-order valence-corrected chi connectivity index (χ2v) is 5.26. The average molecular weight is 273 g/mol. The van der Waals surface area contributed by atoms with Crippen LogP contribution in [0.3, 0.4) is 0 Å². The van der Waals surface area contributed by atoms with Crippen LogP contribution in [0.2, 0.25) is 0 Å². The van der Waals surface area contributed by atoms with E-state index in [1.54, 1.807) is 18.4 Å². The molecule has 2 aromatic heterocycles. The lowest BCUT2D eigenvalue weighted by atomic mass is 10.1. The molecule has 0 fully saturated rings. The minimum atomic E-state index is -0.879. The Hall–Kier alpha value is -2.14. The predicted octanol–water partition coefficient (Wildman–Crippen LogP) is 3.30. The Morgan fingerprint density at radius 1 is 1.32 bits per heavy atom. The van der Waals surface area contributed by atoms with Crippen molar-refractivity contribution in [2.45, 2.75) is 12.3 Å².